The average Bonchev–Trinajstić information content (AvgIpc) is 2.83. The van der Waals surface area contributed by atoms with Gasteiger partial charge in [-0.25, -0.2) is 0 Å². The van der Waals surface area contributed by atoms with Crippen molar-refractivity contribution in [2.75, 3.05) is 12.8 Å². The zero-order chi connectivity index (χ0) is 14.8. The lowest BCUT2D eigenvalue weighted by Crippen LogP contribution is -1.96. The van der Waals surface area contributed by atoms with Crippen LogP contribution in [-0.4, -0.2) is 11.7 Å². The molecule has 2 aromatic carbocycles. The van der Waals surface area contributed by atoms with E-state index in [1.54, 1.807) is 7.11 Å². The van der Waals surface area contributed by atoms with Gasteiger partial charge in [-0.3, -0.25) is 0 Å². The third-order valence-corrected chi connectivity index (χ3v) is 3.56. The Morgan fingerprint density at radius 3 is 2.67 bits per heavy atom. The van der Waals surface area contributed by atoms with Gasteiger partial charge in [0, 0.05) is 35.9 Å². The number of nitrogens with zero attached hydrogens (tertiary/aromatic N) is 1. The summed E-state index contributed by atoms with van der Waals surface area (Å²) in [4.78, 5) is 0. The van der Waals surface area contributed by atoms with Crippen molar-refractivity contribution in [3.63, 3.8) is 0 Å². The number of aryl methyl sites for hydroxylation is 1. The number of hydrogen-bond donors (Lipinski definition) is 1. The molecule has 0 fully saturated rings. The highest BCUT2D eigenvalue weighted by molar-refractivity contribution is 5.94. The van der Waals surface area contributed by atoms with Gasteiger partial charge >= 0.3 is 0 Å². The fourth-order valence-electron chi connectivity index (χ4n) is 2.53. The Hall–Kier alpha value is -2.62. The van der Waals surface area contributed by atoms with E-state index in [-0.39, 0.29) is 0 Å². The smallest absolute Gasteiger partial charge is 0.123 e. The number of methoxy groups -OCH3 is 1. The lowest BCUT2D eigenvalue weighted by molar-refractivity contribution is 0.305. The van der Waals surface area contributed by atoms with Gasteiger partial charge in [-0.15, -0.1) is 0 Å². The SMILES string of the molecule is COc1cccc(OCc2cn(C)c3cccc(N)c23)c1. The number of anilines is 1. The number of fused-ring (bicyclic) bond motifs is 1. The van der Waals surface area contributed by atoms with E-state index in [2.05, 4.69) is 16.8 Å². The van der Waals surface area contributed by atoms with Crippen molar-refractivity contribution < 1.29 is 9.47 Å². The molecule has 0 unspecified atom stereocenters. The summed E-state index contributed by atoms with van der Waals surface area (Å²) in [6.07, 6.45) is 2.06. The predicted molar refractivity (Wildman–Crippen MR) is 84.7 cm³/mol. The Morgan fingerprint density at radius 2 is 1.86 bits per heavy atom. The van der Waals surface area contributed by atoms with Crippen LogP contribution in [0.25, 0.3) is 10.9 Å². The summed E-state index contributed by atoms with van der Waals surface area (Å²) in [6.45, 7) is 0.471. The molecule has 0 aliphatic heterocycles. The second-order valence-corrected chi connectivity index (χ2v) is 4.97. The molecule has 0 bridgehead atoms. The van der Waals surface area contributed by atoms with Gasteiger partial charge in [0.1, 0.15) is 18.1 Å². The largest absolute Gasteiger partial charge is 0.497 e. The molecule has 0 spiro atoms. The number of rotatable bonds is 4. The van der Waals surface area contributed by atoms with Crippen molar-refractivity contribution in [3.05, 3.63) is 54.2 Å². The quantitative estimate of drug-likeness (QED) is 0.747. The maximum Gasteiger partial charge on any atom is 0.123 e. The van der Waals surface area contributed by atoms with Gasteiger partial charge in [-0.1, -0.05) is 12.1 Å². The van der Waals surface area contributed by atoms with Gasteiger partial charge in [0.25, 0.3) is 0 Å². The molecule has 1 heterocycles. The van der Waals surface area contributed by atoms with Gasteiger partial charge in [-0.2, -0.15) is 0 Å². The van der Waals surface area contributed by atoms with Crippen molar-refractivity contribution in [1.29, 1.82) is 0 Å². The third-order valence-electron chi connectivity index (χ3n) is 3.56. The number of ether oxygens (including phenoxy) is 2. The molecule has 0 saturated heterocycles. The summed E-state index contributed by atoms with van der Waals surface area (Å²) in [5.74, 6) is 1.56. The minimum atomic E-state index is 0.471. The minimum absolute atomic E-state index is 0.471. The molecule has 0 saturated carbocycles. The first kappa shape index (κ1) is 13.4. The van der Waals surface area contributed by atoms with Crippen molar-refractivity contribution in [1.82, 2.24) is 4.57 Å². The molecule has 0 amide bonds. The molecule has 1 aromatic heterocycles. The molecule has 4 heteroatoms. The molecule has 4 nitrogen and oxygen atoms in total. The van der Waals surface area contributed by atoms with Gasteiger partial charge in [0.2, 0.25) is 0 Å². The second kappa shape index (κ2) is 5.40. The topological polar surface area (TPSA) is 49.4 Å². The molecule has 0 aliphatic carbocycles. The predicted octanol–water partition coefficient (Wildman–Crippen LogP) is 3.35. The number of benzene rings is 2. The maximum atomic E-state index is 6.10. The van der Waals surface area contributed by atoms with Crippen LogP contribution < -0.4 is 15.2 Å². The van der Waals surface area contributed by atoms with Gasteiger partial charge < -0.3 is 19.8 Å². The highest BCUT2D eigenvalue weighted by atomic mass is 16.5. The van der Waals surface area contributed by atoms with Crippen LogP contribution in [0.5, 0.6) is 11.5 Å². The summed E-state index contributed by atoms with van der Waals surface area (Å²) in [5.41, 5.74) is 9.06. The monoisotopic (exact) mass is 282 g/mol. The van der Waals surface area contributed by atoms with Crippen LogP contribution in [0, 0.1) is 0 Å². The Kier molecular flexibility index (Phi) is 3.44. The Balaban J connectivity index is 1.88. The van der Waals surface area contributed by atoms with Crippen molar-refractivity contribution in [2.45, 2.75) is 6.61 Å². The van der Waals surface area contributed by atoms with E-state index in [1.165, 1.54) is 0 Å². The zero-order valence-electron chi connectivity index (χ0n) is 12.2. The molecule has 0 radical (unpaired) electrons. The van der Waals surface area contributed by atoms with Crippen LogP contribution in [0.2, 0.25) is 0 Å². The Bertz CT molecular complexity index is 778. The number of nitrogens with two attached hydrogens (primary N) is 1. The Morgan fingerprint density at radius 1 is 1.10 bits per heavy atom. The first-order chi connectivity index (χ1) is 10.2. The molecule has 3 aromatic rings. The molecule has 2 N–H and O–H groups in total. The summed E-state index contributed by atoms with van der Waals surface area (Å²) < 4.78 is 13.1. The van der Waals surface area contributed by atoms with Gasteiger partial charge in [-0.05, 0) is 24.3 Å². The summed E-state index contributed by atoms with van der Waals surface area (Å²) in [5, 5.41) is 1.06. The second-order valence-electron chi connectivity index (χ2n) is 4.97. The average molecular weight is 282 g/mol. The van der Waals surface area contributed by atoms with Crippen LogP contribution >= 0.6 is 0 Å². The van der Waals surface area contributed by atoms with Crippen LogP contribution in [0.1, 0.15) is 5.56 Å². The molecular formula is C17H18N2O2. The third kappa shape index (κ3) is 2.52. The summed E-state index contributed by atoms with van der Waals surface area (Å²) in [7, 11) is 3.65. The number of aromatic nitrogens is 1. The molecule has 3 rings (SSSR count). The van der Waals surface area contributed by atoms with Crippen LogP contribution in [0.3, 0.4) is 0 Å². The van der Waals surface area contributed by atoms with Crippen LogP contribution in [-0.2, 0) is 13.7 Å². The standard InChI is InChI=1S/C17H18N2O2/c1-19-10-12(17-15(18)7-4-8-16(17)19)11-21-14-6-3-5-13(9-14)20-2/h3-10H,11,18H2,1-2H3. The van der Waals surface area contributed by atoms with Crippen molar-refractivity contribution >= 4 is 16.6 Å². The minimum Gasteiger partial charge on any atom is -0.497 e. The van der Waals surface area contributed by atoms with Gasteiger partial charge in [0.15, 0.2) is 0 Å². The van der Waals surface area contributed by atoms with Gasteiger partial charge in [0.05, 0.1) is 12.6 Å². The Labute approximate surface area is 123 Å². The van der Waals surface area contributed by atoms with E-state index in [9.17, 15) is 0 Å². The lowest BCUT2D eigenvalue weighted by atomic mass is 10.1. The normalized spacial score (nSPS) is 10.8. The van der Waals surface area contributed by atoms with E-state index in [0.29, 0.717) is 6.61 Å². The molecular weight excluding hydrogens is 264 g/mol. The van der Waals surface area contributed by atoms with E-state index >= 15 is 0 Å². The lowest BCUT2D eigenvalue weighted by Gasteiger charge is -2.07. The van der Waals surface area contributed by atoms with Crippen molar-refractivity contribution in [3.8, 4) is 11.5 Å². The first-order valence-corrected chi connectivity index (χ1v) is 6.78. The van der Waals surface area contributed by atoms with E-state index in [0.717, 1.165) is 33.7 Å². The highest BCUT2D eigenvalue weighted by Crippen LogP contribution is 2.28. The van der Waals surface area contributed by atoms with E-state index in [4.69, 9.17) is 15.2 Å². The first-order valence-electron chi connectivity index (χ1n) is 6.78. The van der Waals surface area contributed by atoms with E-state index in [1.807, 2.05) is 43.4 Å². The number of hydrogen-bond acceptors (Lipinski definition) is 3. The van der Waals surface area contributed by atoms with Crippen molar-refractivity contribution in [2.24, 2.45) is 7.05 Å². The van der Waals surface area contributed by atoms with Crippen LogP contribution in [0.4, 0.5) is 5.69 Å². The molecule has 108 valence electrons. The maximum absolute atomic E-state index is 6.10. The van der Waals surface area contributed by atoms with E-state index < -0.39 is 0 Å². The fourth-order valence-corrected chi connectivity index (χ4v) is 2.53. The molecule has 0 atom stereocenters. The number of nitrogen functional groups attached to an aromatic ring is 1. The summed E-state index contributed by atoms with van der Waals surface area (Å²) >= 11 is 0. The molecule has 21 heavy (non-hydrogen) atoms. The van der Waals surface area contributed by atoms with Crippen LogP contribution in [0.15, 0.2) is 48.7 Å². The fraction of sp³-hybridized carbons (Fsp3) is 0.176. The zero-order valence-corrected chi connectivity index (χ0v) is 12.2. The molecule has 0 aliphatic rings. The summed E-state index contributed by atoms with van der Waals surface area (Å²) in [6, 6.07) is 13.5. The highest BCUT2D eigenvalue weighted by Gasteiger charge is 2.10.